The molecule has 1 rings (SSSR count). The van der Waals surface area contributed by atoms with Crippen LogP contribution in [0.25, 0.3) is 0 Å². The van der Waals surface area contributed by atoms with E-state index in [0.29, 0.717) is 17.9 Å². The summed E-state index contributed by atoms with van der Waals surface area (Å²) in [5.41, 5.74) is 6.17. The van der Waals surface area contributed by atoms with Crippen LogP contribution in [-0.4, -0.2) is 25.9 Å². The monoisotopic (exact) mass is 247 g/mol. The standard InChI is InChI=1S/C12H26NO2P/c1-4-16(14-3)15-9-10(2)11-7-5-6-8-12(11)13/h10-12H,4-9,13H2,1-3H3/t10-,11-,12-,16?/m1/s1. The van der Waals surface area contributed by atoms with Crippen molar-refractivity contribution in [3.05, 3.63) is 0 Å². The average molecular weight is 247 g/mol. The molecule has 0 aromatic carbocycles. The summed E-state index contributed by atoms with van der Waals surface area (Å²) in [6.07, 6.45) is 6.04. The minimum Gasteiger partial charge on any atom is -0.337 e. The van der Waals surface area contributed by atoms with Crippen LogP contribution in [0.4, 0.5) is 0 Å². The van der Waals surface area contributed by atoms with Crippen molar-refractivity contribution in [3.63, 3.8) is 0 Å². The molecule has 1 unspecified atom stereocenters. The molecule has 0 bridgehead atoms. The summed E-state index contributed by atoms with van der Waals surface area (Å²) in [7, 11) is 1.06. The van der Waals surface area contributed by atoms with Gasteiger partial charge in [0.25, 0.3) is 0 Å². The second kappa shape index (κ2) is 7.60. The van der Waals surface area contributed by atoms with Crippen LogP contribution < -0.4 is 5.73 Å². The van der Waals surface area contributed by atoms with Crippen LogP contribution >= 0.6 is 8.38 Å². The third kappa shape index (κ3) is 4.29. The molecule has 0 aromatic heterocycles. The molecule has 16 heavy (non-hydrogen) atoms. The van der Waals surface area contributed by atoms with Gasteiger partial charge in [0.05, 0.1) is 6.61 Å². The summed E-state index contributed by atoms with van der Waals surface area (Å²) in [5, 5.41) is 0. The second-order valence-corrected chi connectivity index (χ2v) is 6.64. The van der Waals surface area contributed by atoms with Gasteiger partial charge in [-0.15, -0.1) is 0 Å². The molecule has 1 saturated carbocycles. The zero-order valence-electron chi connectivity index (χ0n) is 10.8. The minimum absolute atomic E-state index is 0.378. The van der Waals surface area contributed by atoms with Crippen molar-refractivity contribution in [2.45, 2.75) is 45.6 Å². The van der Waals surface area contributed by atoms with Crippen LogP contribution in [0.2, 0.25) is 0 Å². The Balaban J connectivity index is 2.30. The van der Waals surface area contributed by atoms with Gasteiger partial charge in [-0.05, 0) is 24.7 Å². The smallest absolute Gasteiger partial charge is 0.169 e. The van der Waals surface area contributed by atoms with Gasteiger partial charge in [-0.3, -0.25) is 0 Å². The molecule has 4 heteroatoms. The first kappa shape index (κ1) is 14.4. The van der Waals surface area contributed by atoms with Crippen LogP contribution in [0.5, 0.6) is 0 Å². The van der Waals surface area contributed by atoms with E-state index in [2.05, 4.69) is 13.8 Å². The molecular formula is C12H26NO2P. The Kier molecular flexibility index (Phi) is 6.83. The van der Waals surface area contributed by atoms with Gasteiger partial charge in [0.1, 0.15) is 0 Å². The van der Waals surface area contributed by atoms with Gasteiger partial charge in [0, 0.05) is 19.3 Å². The first-order valence-electron chi connectivity index (χ1n) is 6.39. The molecule has 2 N–H and O–H groups in total. The first-order chi connectivity index (χ1) is 7.69. The highest BCUT2D eigenvalue weighted by atomic mass is 31.2. The zero-order valence-corrected chi connectivity index (χ0v) is 11.7. The van der Waals surface area contributed by atoms with E-state index in [1.54, 1.807) is 7.11 Å². The Bertz CT molecular complexity index is 188. The van der Waals surface area contributed by atoms with Crippen LogP contribution in [-0.2, 0) is 9.05 Å². The highest BCUT2D eigenvalue weighted by Gasteiger charge is 2.27. The summed E-state index contributed by atoms with van der Waals surface area (Å²) in [6.45, 7) is 5.16. The molecular weight excluding hydrogens is 221 g/mol. The minimum atomic E-state index is -0.665. The van der Waals surface area contributed by atoms with Crippen LogP contribution in [0, 0.1) is 11.8 Å². The van der Waals surface area contributed by atoms with Crippen molar-refractivity contribution >= 4 is 8.38 Å². The maximum absolute atomic E-state index is 6.17. The van der Waals surface area contributed by atoms with Crippen molar-refractivity contribution in [1.82, 2.24) is 0 Å². The van der Waals surface area contributed by atoms with Crippen molar-refractivity contribution in [2.75, 3.05) is 19.9 Å². The van der Waals surface area contributed by atoms with E-state index in [0.717, 1.165) is 12.8 Å². The van der Waals surface area contributed by atoms with E-state index in [-0.39, 0.29) is 0 Å². The fraction of sp³-hybridized carbons (Fsp3) is 1.00. The number of rotatable bonds is 6. The quantitative estimate of drug-likeness (QED) is 0.733. The third-order valence-electron chi connectivity index (χ3n) is 3.55. The van der Waals surface area contributed by atoms with E-state index >= 15 is 0 Å². The Morgan fingerprint density at radius 2 is 2.06 bits per heavy atom. The lowest BCUT2D eigenvalue weighted by atomic mass is 9.78. The molecule has 0 heterocycles. The fourth-order valence-electron chi connectivity index (χ4n) is 2.49. The molecule has 4 atom stereocenters. The molecule has 1 aliphatic rings. The van der Waals surface area contributed by atoms with Crippen molar-refractivity contribution in [1.29, 1.82) is 0 Å². The molecule has 1 fully saturated rings. The van der Waals surface area contributed by atoms with Gasteiger partial charge in [0.15, 0.2) is 8.38 Å². The van der Waals surface area contributed by atoms with E-state index in [1.165, 1.54) is 25.7 Å². The van der Waals surface area contributed by atoms with E-state index in [9.17, 15) is 0 Å². The summed E-state index contributed by atoms with van der Waals surface area (Å²) in [6, 6.07) is 0.378. The van der Waals surface area contributed by atoms with Gasteiger partial charge < -0.3 is 14.8 Å². The summed E-state index contributed by atoms with van der Waals surface area (Å²) in [5.74, 6) is 1.20. The van der Waals surface area contributed by atoms with E-state index < -0.39 is 8.38 Å². The molecule has 1 aliphatic carbocycles. The number of hydrogen-bond donors (Lipinski definition) is 1. The zero-order chi connectivity index (χ0) is 12.0. The average Bonchev–Trinajstić information content (AvgIpc) is 2.30. The molecule has 0 amide bonds. The topological polar surface area (TPSA) is 44.5 Å². The van der Waals surface area contributed by atoms with Crippen molar-refractivity contribution in [3.8, 4) is 0 Å². The third-order valence-corrected chi connectivity index (χ3v) is 4.91. The van der Waals surface area contributed by atoms with Crippen LogP contribution in [0.3, 0.4) is 0 Å². The summed E-state index contributed by atoms with van der Waals surface area (Å²) >= 11 is 0. The number of hydrogen-bond acceptors (Lipinski definition) is 3. The van der Waals surface area contributed by atoms with Crippen molar-refractivity contribution < 1.29 is 9.05 Å². The summed E-state index contributed by atoms with van der Waals surface area (Å²) in [4.78, 5) is 0. The van der Waals surface area contributed by atoms with Gasteiger partial charge in [0.2, 0.25) is 0 Å². The van der Waals surface area contributed by atoms with Crippen molar-refractivity contribution in [2.24, 2.45) is 17.6 Å². The van der Waals surface area contributed by atoms with Gasteiger partial charge in [-0.2, -0.15) is 0 Å². The SMILES string of the molecule is CCP(OC)OC[C@@H](C)[C@H]1CCCC[C@H]1N. The predicted molar refractivity (Wildman–Crippen MR) is 69.5 cm³/mol. The Morgan fingerprint density at radius 1 is 1.38 bits per heavy atom. The second-order valence-electron chi connectivity index (χ2n) is 4.72. The largest absolute Gasteiger partial charge is 0.337 e. The molecule has 3 nitrogen and oxygen atoms in total. The van der Waals surface area contributed by atoms with Gasteiger partial charge in [-0.25, -0.2) is 0 Å². The van der Waals surface area contributed by atoms with E-state index in [1.807, 2.05) is 0 Å². The normalized spacial score (nSPS) is 30.0. The number of nitrogens with two attached hydrogens (primary N) is 1. The highest BCUT2D eigenvalue weighted by Crippen LogP contribution is 2.38. The first-order valence-corrected chi connectivity index (χ1v) is 7.75. The molecule has 0 aromatic rings. The van der Waals surface area contributed by atoms with Crippen LogP contribution in [0.1, 0.15) is 39.5 Å². The van der Waals surface area contributed by atoms with Gasteiger partial charge in [-0.1, -0.05) is 26.7 Å². The van der Waals surface area contributed by atoms with Gasteiger partial charge >= 0.3 is 0 Å². The summed E-state index contributed by atoms with van der Waals surface area (Å²) < 4.78 is 11.1. The Hall–Kier alpha value is 0.310. The molecule has 0 spiro atoms. The Labute approximate surface area is 101 Å². The van der Waals surface area contributed by atoms with E-state index in [4.69, 9.17) is 14.8 Å². The maximum Gasteiger partial charge on any atom is 0.169 e. The maximum atomic E-state index is 6.17. The predicted octanol–water partition coefficient (Wildman–Crippen LogP) is 3.13. The fourth-order valence-corrected chi connectivity index (χ4v) is 3.44. The lowest BCUT2D eigenvalue weighted by Gasteiger charge is -2.33. The lowest BCUT2D eigenvalue weighted by molar-refractivity contribution is 0.155. The molecule has 0 saturated heterocycles. The molecule has 0 aliphatic heterocycles. The van der Waals surface area contributed by atoms with Crippen LogP contribution in [0.15, 0.2) is 0 Å². The Morgan fingerprint density at radius 3 is 2.62 bits per heavy atom. The highest BCUT2D eigenvalue weighted by molar-refractivity contribution is 7.47. The molecule has 0 radical (unpaired) electrons. The lowest BCUT2D eigenvalue weighted by Crippen LogP contribution is -2.38. The molecule has 96 valence electrons.